The van der Waals surface area contributed by atoms with Gasteiger partial charge in [-0.3, -0.25) is 4.79 Å². The fourth-order valence-electron chi connectivity index (χ4n) is 3.20. The molecule has 0 saturated carbocycles. The van der Waals surface area contributed by atoms with E-state index in [0.717, 1.165) is 12.1 Å². The van der Waals surface area contributed by atoms with Crippen molar-refractivity contribution in [1.82, 2.24) is 20.5 Å². The molecule has 1 aliphatic rings. The smallest absolute Gasteiger partial charge is 0.416 e. The molecule has 10 heteroatoms. The van der Waals surface area contributed by atoms with Crippen LogP contribution in [0.25, 0.3) is 11.6 Å². The highest BCUT2D eigenvalue weighted by atomic mass is 19.4. The summed E-state index contributed by atoms with van der Waals surface area (Å²) in [5, 5.41) is 13.8. The number of carbonyl (C=O) groups excluding carboxylic acids is 1. The molecule has 1 saturated heterocycles. The number of nitrogens with one attached hydrogen (secondary N) is 2. The van der Waals surface area contributed by atoms with E-state index in [1.54, 1.807) is 12.1 Å². The van der Waals surface area contributed by atoms with Crippen molar-refractivity contribution < 1.29 is 22.4 Å². The van der Waals surface area contributed by atoms with Crippen molar-refractivity contribution >= 4 is 17.3 Å². The molecule has 1 aliphatic heterocycles. The van der Waals surface area contributed by atoms with E-state index < -0.39 is 17.2 Å². The van der Waals surface area contributed by atoms with Gasteiger partial charge in [-0.2, -0.15) is 13.2 Å². The molecule has 3 aromatic rings. The molecule has 1 amide bonds. The first-order valence-corrected chi connectivity index (χ1v) is 8.99. The van der Waals surface area contributed by atoms with Gasteiger partial charge in [0.05, 0.1) is 11.3 Å². The number of alkyl halides is 3. The summed E-state index contributed by atoms with van der Waals surface area (Å²) in [6.07, 6.45) is -0.975. The van der Waals surface area contributed by atoms with Gasteiger partial charge in [0.2, 0.25) is 11.8 Å². The summed E-state index contributed by atoms with van der Waals surface area (Å²) >= 11 is 0. The Balaban J connectivity index is 1.64. The van der Waals surface area contributed by atoms with E-state index in [2.05, 4.69) is 32.4 Å². The van der Waals surface area contributed by atoms with Gasteiger partial charge in [0, 0.05) is 18.4 Å². The number of aromatic nitrogens is 3. The molecule has 0 aliphatic carbocycles. The third kappa shape index (κ3) is 3.40. The number of halogens is 3. The molecular formula is C20H16F3N5O2. The number of hydrogen-bond acceptors (Lipinski definition) is 6. The van der Waals surface area contributed by atoms with Gasteiger partial charge in [0.15, 0.2) is 5.69 Å². The lowest BCUT2D eigenvalue weighted by Gasteiger charge is -2.15. The standard InChI is InChI=1S/C20H16F3N5O2/c1-2-19(9-11-25-17(19)29)18-28-27-16(30-18)15-14(4-3-10-24-15)26-13-7-5-12(6-8-13)20(21,22)23/h2-8,10,26H,1,9,11H2,(H,25,29)/t19-/m0/s1. The first-order chi connectivity index (χ1) is 14.3. The summed E-state index contributed by atoms with van der Waals surface area (Å²) in [7, 11) is 0. The minimum absolute atomic E-state index is 0.0703. The number of amides is 1. The van der Waals surface area contributed by atoms with Gasteiger partial charge in [0.25, 0.3) is 5.89 Å². The largest absolute Gasteiger partial charge is 0.418 e. The number of carbonyl (C=O) groups is 1. The van der Waals surface area contributed by atoms with Crippen molar-refractivity contribution in [2.45, 2.75) is 18.0 Å². The van der Waals surface area contributed by atoms with Crippen molar-refractivity contribution in [2.24, 2.45) is 0 Å². The number of pyridine rings is 1. The van der Waals surface area contributed by atoms with Crippen LogP contribution >= 0.6 is 0 Å². The fourth-order valence-corrected chi connectivity index (χ4v) is 3.20. The second kappa shape index (κ2) is 7.29. The lowest BCUT2D eigenvalue weighted by Crippen LogP contribution is -2.33. The van der Waals surface area contributed by atoms with Gasteiger partial charge in [-0.15, -0.1) is 16.8 Å². The van der Waals surface area contributed by atoms with Gasteiger partial charge in [-0.05, 0) is 42.8 Å². The maximum Gasteiger partial charge on any atom is 0.416 e. The van der Waals surface area contributed by atoms with E-state index in [-0.39, 0.29) is 17.7 Å². The van der Waals surface area contributed by atoms with Crippen molar-refractivity contribution in [1.29, 1.82) is 0 Å². The molecule has 7 nitrogen and oxygen atoms in total. The second-order valence-electron chi connectivity index (χ2n) is 6.69. The van der Waals surface area contributed by atoms with Crippen LogP contribution in [0.2, 0.25) is 0 Å². The molecule has 0 radical (unpaired) electrons. The summed E-state index contributed by atoms with van der Waals surface area (Å²) in [6.45, 7) is 4.19. The monoisotopic (exact) mass is 415 g/mol. The first kappa shape index (κ1) is 19.6. The molecule has 2 N–H and O–H groups in total. The molecule has 0 bridgehead atoms. The number of hydrogen-bond donors (Lipinski definition) is 2. The quantitative estimate of drug-likeness (QED) is 0.615. The molecule has 1 aromatic carbocycles. The van der Waals surface area contributed by atoms with E-state index in [1.807, 2.05) is 0 Å². The highest BCUT2D eigenvalue weighted by Gasteiger charge is 2.46. The SMILES string of the molecule is C=C[C@]1(c2nnc(-c3ncccc3Nc3ccc(C(F)(F)F)cc3)o2)CCNC1=O. The minimum atomic E-state index is -4.41. The van der Waals surface area contributed by atoms with Crippen LogP contribution in [-0.4, -0.2) is 27.6 Å². The minimum Gasteiger partial charge on any atom is -0.418 e. The molecule has 30 heavy (non-hydrogen) atoms. The maximum atomic E-state index is 12.8. The number of benzene rings is 1. The van der Waals surface area contributed by atoms with Crippen molar-refractivity contribution in [3.63, 3.8) is 0 Å². The van der Waals surface area contributed by atoms with Crippen LogP contribution in [0.5, 0.6) is 0 Å². The summed E-state index contributed by atoms with van der Waals surface area (Å²) in [4.78, 5) is 16.5. The Hall–Kier alpha value is -3.69. The summed E-state index contributed by atoms with van der Waals surface area (Å²) < 4.78 is 44.0. The third-order valence-electron chi connectivity index (χ3n) is 4.87. The zero-order valence-electron chi connectivity index (χ0n) is 15.5. The maximum absolute atomic E-state index is 12.8. The fraction of sp³-hybridized carbons (Fsp3) is 0.200. The Kier molecular flexibility index (Phi) is 4.76. The number of rotatable bonds is 5. The lowest BCUT2D eigenvalue weighted by molar-refractivity contribution is -0.137. The Labute approximate surface area is 169 Å². The molecule has 0 unspecified atom stereocenters. The van der Waals surface area contributed by atoms with Crippen molar-refractivity contribution in [2.75, 3.05) is 11.9 Å². The summed E-state index contributed by atoms with van der Waals surface area (Å²) in [5.41, 5.74) is -0.661. The van der Waals surface area contributed by atoms with Crippen LogP contribution in [0.15, 0.2) is 59.7 Å². The average molecular weight is 415 g/mol. The van der Waals surface area contributed by atoms with Crippen LogP contribution < -0.4 is 10.6 Å². The van der Waals surface area contributed by atoms with Crippen LogP contribution in [0, 0.1) is 0 Å². The Morgan fingerprint density at radius 2 is 1.97 bits per heavy atom. The molecule has 0 spiro atoms. The van der Waals surface area contributed by atoms with E-state index in [4.69, 9.17) is 4.42 Å². The van der Waals surface area contributed by atoms with E-state index in [0.29, 0.717) is 30.0 Å². The van der Waals surface area contributed by atoms with Gasteiger partial charge in [-0.25, -0.2) is 4.98 Å². The highest BCUT2D eigenvalue weighted by Crippen LogP contribution is 2.35. The molecule has 2 aromatic heterocycles. The van der Waals surface area contributed by atoms with E-state index in [9.17, 15) is 18.0 Å². The molecule has 1 atom stereocenters. The van der Waals surface area contributed by atoms with Gasteiger partial charge < -0.3 is 15.1 Å². The normalized spacial score (nSPS) is 18.8. The zero-order chi connectivity index (χ0) is 21.4. The van der Waals surface area contributed by atoms with Crippen molar-refractivity contribution in [3.05, 3.63) is 66.7 Å². The lowest BCUT2D eigenvalue weighted by atomic mass is 9.86. The molecule has 3 heterocycles. The average Bonchev–Trinajstić information content (AvgIpc) is 3.35. The molecular weight excluding hydrogens is 399 g/mol. The Bertz CT molecular complexity index is 1090. The van der Waals surface area contributed by atoms with Crippen LogP contribution in [0.1, 0.15) is 17.9 Å². The number of nitrogens with zero attached hydrogens (tertiary/aromatic N) is 3. The van der Waals surface area contributed by atoms with Crippen LogP contribution in [0.3, 0.4) is 0 Å². The van der Waals surface area contributed by atoms with E-state index in [1.165, 1.54) is 24.4 Å². The topological polar surface area (TPSA) is 92.9 Å². The van der Waals surface area contributed by atoms with Crippen LogP contribution in [0.4, 0.5) is 24.5 Å². The highest BCUT2D eigenvalue weighted by molar-refractivity contribution is 5.91. The summed E-state index contributed by atoms with van der Waals surface area (Å²) in [6, 6.07) is 7.92. The molecule has 4 rings (SSSR count). The first-order valence-electron chi connectivity index (χ1n) is 8.99. The Morgan fingerprint density at radius 3 is 2.60 bits per heavy atom. The van der Waals surface area contributed by atoms with E-state index >= 15 is 0 Å². The Morgan fingerprint density at radius 1 is 1.20 bits per heavy atom. The van der Waals surface area contributed by atoms with Gasteiger partial charge >= 0.3 is 6.18 Å². The second-order valence-corrected chi connectivity index (χ2v) is 6.69. The predicted molar refractivity (Wildman–Crippen MR) is 102 cm³/mol. The van der Waals surface area contributed by atoms with Gasteiger partial charge in [0.1, 0.15) is 5.41 Å². The number of anilines is 2. The van der Waals surface area contributed by atoms with Gasteiger partial charge in [-0.1, -0.05) is 6.08 Å². The predicted octanol–water partition coefficient (Wildman–Crippen LogP) is 3.84. The third-order valence-corrected chi connectivity index (χ3v) is 4.87. The molecule has 1 fully saturated rings. The molecule has 154 valence electrons. The zero-order valence-corrected chi connectivity index (χ0v) is 15.5. The van der Waals surface area contributed by atoms with Crippen LogP contribution in [-0.2, 0) is 16.4 Å². The summed E-state index contributed by atoms with van der Waals surface area (Å²) in [5.74, 6) is -0.0913. The van der Waals surface area contributed by atoms with Crippen molar-refractivity contribution in [3.8, 4) is 11.6 Å².